The molecule has 0 saturated heterocycles. The van der Waals surface area contributed by atoms with Crippen molar-refractivity contribution in [1.82, 2.24) is 0 Å². The van der Waals surface area contributed by atoms with Crippen molar-refractivity contribution >= 4 is 29.0 Å². The van der Waals surface area contributed by atoms with E-state index in [-0.39, 0.29) is 4.99 Å². The SMILES string of the molecule is N#C/C(=C\c1cc2c3c(c1)CCCN3CCC2)C(N)=S. The zero-order valence-electron chi connectivity index (χ0n) is 11.4. The molecule has 0 aliphatic carbocycles. The van der Waals surface area contributed by atoms with Crippen LogP contribution in [0.4, 0.5) is 5.69 Å². The standard InChI is InChI=1S/C16H17N3S/c17-10-14(16(18)20)9-11-7-12-3-1-5-19-6-2-4-13(8-11)15(12)19/h7-9H,1-6H2,(H2,18,20)/b14-9+. The van der Waals surface area contributed by atoms with Crippen LogP contribution in [-0.2, 0) is 12.8 Å². The van der Waals surface area contributed by atoms with Crippen molar-refractivity contribution in [2.24, 2.45) is 5.73 Å². The maximum Gasteiger partial charge on any atom is 0.114 e. The Morgan fingerprint density at radius 1 is 1.25 bits per heavy atom. The Bertz CT molecular complexity index is 609. The average molecular weight is 283 g/mol. The van der Waals surface area contributed by atoms with Crippen molar-refractivity contribution in [3.05, 3.63) is 34.4 Å². The molecule has 2 heterocycles. The third-order valence-corrected chi connectivity index (χ3v) is 4.27. The highest BCUT2D eigenvalue weighted by Crippen LogP contribution is 2.36. The summed E-state index contributed by atoms with van der Waals surface area (Å²) in [4.78, 5) is 2.67. The van der Waals surface area contributed by atoms with Crippen LogP contribution in [0, 0.1) is 11.3 Å². The maximum atomic E-state index is 9.08. The number of benzene rings is 1. The van der Waals surface area contributed by atoms with Crippen molar-refractivity contribution in [2.45, 2.75) is 25.7 Å². The Morgan fingerprint density at radius 2 is 1.85 bits per heavy atom. The van der Waals surface area contributed by atoms with Crippen LogP contribution in [0.2, 0.25) is 0 Å². The van der Waals surface area contributed by atoms with Crippen molar-refractivity contribution in [3.8, 4) is 6.07 Å². The number of hydrogen-bond donors (Lipinski definition) is 1. The van der Waals surface area contributed by atoms with Crippen LogP contribution in [-0.4, -0.2) is 18.1 Å². The molecular weight excluding hydrogens is 266 g/mol. The molecule has 3 rings (SSSR count). The van der Waals surface area contributed by atoms with Gasteiger partial charge >= 0.3 is 0 Å². The number of nitrogens with zero attached hydrogens (tertiary/aromatic N) is 2. The molecule has 0 bridgehead atoms. The molecule has 0 radical (unpaired) electrons. The summed E-state index contributed by atoms with van der Waals surface area (Å²) in [5, 5.41) is 9.08. The minimum absolute atomic E-state index is 0.167. The largest absolute Gasteiger partial charge is 0.389 e. The molecule has 0 atom stereocenters. The van der Waals surface area contributed by atoms with E-state index < -0.39 is 0 Å². The van der Waals surface area contributed by atoms with Gasteiger partial charge in [-0.2, -0.15) is 5.26 Å². The lowest BCUT2D eigenvalue weighted by molar-refractivity contribution is 0.634. The molecule has 2 N–H and O–H groups in total. The van der Waals surface area contributed by atoms with Crippen molar-refractivity contribution in [3.63, 3.8) is 0 Å². The highest BCUT2D eigenvalue weighted by atomic mass is 32.1. The fourth-order valence-corrected chi connectivity index (χ4v) is 3.34. The minimum Gasteiger partial charge on any atom is -0.389 e. The fourth-order valence-electron chi connectivity index (χ4n) is 3.24. The van der Waals surface area contributed by atoms with Gasteiger partial charge in [-0.05, 0) is 60.6 Å². The summed E-state index contributed by atoms with van der Waals surface area (Å²) in [6, 6.07) is 6.45. The Kier molecular flexibility index (Phi) is 3.45. The van der Waals surface area contributed by atoms with Crippen LogP contribution in [0.1, 0.15) is 29.5 Å². The summed E-state index contributed by atoms with van der Waals surface area (Å²) < 4.78 is 0. The average Bonchev–Trinajstić information content (AvgIpc) is 2.45. The summed E-state index contributed by atoms with van der Waals surface area (Å²) in [5.41, 5.74) is 11.2. The molecule has 1 aromatic carbocycles. The number of nitrogens with two attached hydrogens (primary N) is 1. The first kappa shape index (κ1) is 13.1. The Morgan fingerprint density at radius 3 is 2.35 bits per heavy atom. The van der Waals surface area contributed by atoms with E-state index in [0.717, 1.165) is 18.4 Å². The van der Waals surface area contributed by atoms with E-state index in [1.165, 1.54) is 42.7 Å². The summed E-state index contributed by atoms with van der Waals surface area (Å²) in [6.45, 7) is 2.34. The molecule has 20 heavy (non-hydrogen) atoms. The first-order chi connectivity index (χ1) is 9.69. The zero-order valence-corrected chi connectivity index (χ0v) is 12.2. The van der Waals surface area contributed by atoms with Gasteiger partial charge < -0.3 is 10.6 Å². The molecule has 0 aromatic heterocycles. The monoisotopic (exact) mass is 283 g/mol. The van der Waals surface area contributed by atoms with E-state index in [0.29, 0.717) is 5.57 Å². The molecule has 0 unspecified atom stereocenters. The minimum atomic E-state index is 0.167. The Labute approximate surface area is 124 Å². The molecule has 102 valence electrons. The predicted molar refractivity (Wildman–Crippen MR) is 85.7 cm³/mol. The van der Waals surface area contributed by atoms with Crippen molar-refractivity contribution < 1.29 is 0 Å². The second-order valence-corrected chi connectivity index (χ2v) is 5.86. The van der Waals surface area contributed by atoms with Gasteiger partial charge in [0.1, 0.15) is 11.1 Å². The highest BCUT2D eigenvalue weighted by Gasteiger charge is 2.23. The summed E-state index contributed by atoms with van der Waals surface area (Å²) in [6.07, 6.45) is 6.47. The molecule has 0 amide bonds. The van der Waals surface area contributed by atoms with Crippen molar-refractivity contribution in [1.29, 1.82) is 5.26 Å². The van der Waals surface area contributed by atoms with Gasteiger partial charge in [0, 0.05) is 18.8 Å². The summed E-state index contributed by atoms with van der Waals surface area (Å²) in [7, 11) is 0. The normalized spacial score (nSPS) is 17.4. The number of hydrogen-bond acceptors (Lipinski definition) is 3. The number of aryl methyl sites for hydroxylation is 2. The van der Waals surface area contributed by atoms with E-state index in [1.807, 2.05) is 6.08 Å². The van der Waals surface area contributed by atoms with E-state index in [2.05, 4.69) is 23.1 Å². The number of nitriles is 1. The lowest BCUT2D eigenvalue weighted by Crippen LogP contribution is -2.34. The van der Waals surface area contributed by atoms with Crippen LogP contribution in [0.3, 0.4) is 0 Å². The molecule has 0 spiro atoms. The second-order valence-electron chi connectivity index (χ2n) is 5.42. The van der Waals surface area contributed by atoms with Crippen molar-refractivity contribution in [2.75, 3.05) is 18.0 Å². The summed E-state index contributed by atoms with van der Waals surface area (Å²) in [5.74, 6) is 0. The van der Waals surface area contributed by atoms with Crippen LogP contribution < -0.4 is 10.6 Å². The Balaban J connectivity index is 2.08. The lowest BCUT2D eigenvalue weighted by Gasteiger charge is -2.37. The second kappa shape index (κ2) is 5.26. The molecule has 1 aromatic rings. The molecule has 4 heteroatoms. The van der Waals surface area contributed by atoms with Gasteiger partial charge in [0.25, 0.3) is 0 Å². The first-order valence-electron chi connectivity index (χ1n) is 7.01. The zero-order chi connectivity index (χ0) is 14.1. The third kappa shape index (κ3) is 2.30. The topological polar surface area (TPSA) is 53.0 Å². The van der Waals surface area contributed by atoms with Gasteiger partial charge in [0.2, 0.25) is 0 Å². The molecule has 2 aliphatic rings. The van der Waals surface area contributed by atoms with Crippen LogP contribution in [0.25, 0.3) is 6.08 Å². The van der Waals surface area contributed by atoms with E-state index in [9.17, 15) is 0 Å². The van der Waals surface area contributed by atoms with Gasteiger partial charge in [-0.15, -0.1) is 0 Å². The van der Waals surface area contributed by atoms with Gasteiger partial charge in [-0.3, -0.25) is 0 Å². The molecule has 0 fully saturated rings. The van der Waals surface area contributed by atoms with E-state index in [1.54, 1.807) is 0 Å². The smallest absolute Gasteiger partial charge is 0.114 e. The highest BCUT2D eigenvalue weighted by molar-refractivity contribution is 7.80. The van der Waals surface area contributed by atoms with Crippen LogP contribution in [0.5, 0.6) is 0 Å². The lowest BCUT2D eigenvalue weighted by atomic mass is 9.90. The molecular formula is C16H17N3S. The van der Waals surface area contributed by atoms with Gasteiger partial charge in [-0.1, -0.05) is 12.2 Å². The van der Waals surface area contributed by atoms with E-state index >= 15 is 0 Å². The van der Waals surface area contributed by atoms with Crippen LogP contribution >= 0.6 is 12.2 Å². The predicted octanol–water partition coefficient (Wildman–Crippen LogP) is 2.58. The Hall–Kier alpha value is -1.86. The van der Waals surface area contributed by atoms with E-state index in [4.69, 9.17) is 23.2 Å². The van der Waals surface area contributed by atoms with Gasteiger partial charge in [0.15, 0.2) is 0 Å². The fraction of sp³-hybridized carbons (Fsp3) is 0.375. The van der Waals surface area contributed by atoms with Gasteiger partial charge in [-0.25, -0.2) is 0 Å². The molecule has 2 aliphatic heterocycles. The number of rotatable bonds is 2. The number of thiocarbonyl (C=S) groups is 1. The summed E-state index contributed by atoms with van der Waals surface area (Å²) >= 11 is 4.91. The molecule has 3 nitrogen and oxygen atoms in total. The first-order valence-corrected chi connectivity index (χ1v) is 7.42. The third-order valence-electron chi connectivity index (χ3n) is 4.05. The maximum absolute atomic E-state index is 9.08. The number of anilines is 1. The van der Waals surface area contributed by atoms with Gasteiger partial charge in [0.05, 0.1) is 5.57 Å². The molecule has 0 saturated carbocycles. The van der Waals surface area contributed by atoms with Crippen LogP contribution in [0.15, 0.2) is 17.7 Å². The quantitative estimate of drug-likeness (QED) is 0.515.